The molecular formula is C21H19BrN2O4S. The Bertz CT molecular complexity index is 1020. The minimum absolute atomic E-state index is 0.223. The molecule has 2 aromatic rings. The molecule has 1 fully saturated rings. The lowest BCUT2D eigenvalue weighted by Gasteiger charge is -2.12. The Morgan fingerprint density at radius 2 is 2.00 bits per heavy atom. The fourth-order valence-electron chi connectivity index (χ4n) is 2.55. The zero-order chi connectivity index (χ0) is 21.0. The molecule has 2 aromatic carbocycles. The maximum absolute atomic E-state index is 12.3. The third-order valence-electron chi connectivity index (χ3n) is 3.79. The summed E-state index contributed by atoms with van der Waals surface area (Å²) in [5.74, 6) is 0.0620. The number of carbonyl (C=O) groups excluding carboxylic acids is 2. The SMILES string of the molecule is CCOc1cc(/C=C2\SC(=Nc3ccc(C)cc3)NC2=O)cc(Br)c1OC(C)=O. The summed E-state index contributed by atoms with van der Waals surface area (Å²) >= 11 is 4.67. The maximum Gasteiger partial charge on any atom is 0.308 e. The Labute approximate surface area is 181 Å². The number of aliphatic imine (C=N–C) groups is 1. The molecule has 0 bridgehead atoms. The number of ether oxygens (including phenoxy) is 2. The van der Waals surface area contributed by atoms with Gasteiger partial charge in [0.1, 0.15) is 0 Å². The number of benzene rings is 2. The smallest absolute Gasteiger partial charge is 0.308 e. The summed E-state index contributed by atoms with van der Waals surface area (Å²) in [7, 11) is 0. The highest BCUT2D eigenvalue weighted by molar-refractivity contribution is 9.10. The quantitative estimate of drug-likeness (QED) is 0.375. The molecule has 8 heteroatoms. The van der Waals surface area contributed by atoms with Gasteiger partial charge in [-0.1, -0.05) is 17.7 Å². The molecule has 0 unspecified atom stereocenters. The van der Waals surface area contributed by atoms with Gasteiger partial charge in [-0.3, -0.25) is 9.59 Å². The Balaban J connectivity index is 1.88. The molecule has 1 saturated heterocycles. The van der Waals surface area contributed by atoms with E-state index in [-0.39, 0.29) is 5.91 Å². The number of carbonyl (C=O) groups is 2. The molecule has 0 atom stereocenters. The fraction of sp³-hybridized carbons (Fsp3) is 0.190. The number of aryl methyl sites for hydroxylation is 1. The summed E-state index contributed by atoms with van der Waals surface area (Å²) in [5.41, 5.74) is 2.64. The van der Waals surface area contributed by atoms with Crippen LogP contribution in [0.3, 0.4) is 0 Å². The molecule has 0 radical (unpaired) electrons. The van der Waals surface area contributed by atoms with Crippen molar-refractivity contribution in [3.8, 4) is 11.5 Å². The highest BCUT2D eigenvalue weighted by atomic mass is 79.9. The highest BCUT2D eigenvalue weighted by Crippen LogP contribution is 2.38. The van der Waals surface area contributed by atoms with Gasteiger partial charge in [0, 0.05) is 6.92 Å². The van der Waals surface area contributed by atoms with Gasteiger partial charge in [0.15, 0.2) is 16.7 Å². The number of amides is 1. The van der Waals surface area contributed by atoms with Gasteiger partial charge in [-0.25, -0.2) is 4.99 Å². The van der Waals surface area contributed by atoms with Gasteiger partial charge in [-0.2, -0.15) is 0 Å². The molecule has 0 saturated carbocycles. The van der Waals surface area contributed by atoms with Crippen molar-refractivity contribution in [3.05, 3.63) is 56.9 Å². The first-order valence-corrected chi connectivity index (χ1v) is 10.5. The Hall–Kier alpha value is -2.58. The summed E-state index contributed by atoms with van der Waals surface area (Å²) in [4.78, 5) is 28.7. The van der Waals surface area contributed by atoms with Gasteiger partial charge in [0.2, 0.25) is 0 Å². The van der Waals surface area contributed by atoms with Gasteiger partial charge >= 0.3 is 5.97 Å². The minimum Gasteiger partial charge on any atom is -0.490 e. The van der Waals surface area contributed by atoms with Crippen LogP contribution in [0.4, 0.5) is 5.69 Å². The molecule has 0 spiro atoms. The Morgan fingerprint density at radius 1 is 1.28 bits per heavy atom. The van der Waals surface area contributed by atoms with Crippen LogP contribution in [0.15, 0.2) is 50.8 Å². The zero-order valence-corrected chi connectivity index (χ0v) is 18.5. The lowest BCUT2D eigenvalue weighted by atomic mass is 10.2. The summed E-state index contributed by atoms with van der Waals surface area (Å²) in [6.07, 6.45) is 1.74. The van der Waals surface area contributed by atoms with Gasteiger partial charge in [-0.05, 0) is 77.4 Å². The third kappa shape index (κ3) is 5.48. The second kappa shape index (κ2) is 9.28. The zero-order valence-electron chi connectivity index (χ0n) is 16.1. The molecule has 29 heavy (non-hydrogen) atoms. The first-order valence-electron chi connectivity index (χ1n) is 8.86. The number of hydrogen-bond acceptors (Lipinski definition) is 6. The summed E-state index contributed by atoms with van der Waals surface area (Å²) in [5, 5.41) is 3.29. The third-order valence-corrected chi connectivity index (χ3v) is 5.29. The molecular weight excluding hydrogens is 456 g/mol. The van der Waals surface area contributed by atoms with Crippen molar-refractivity contribution < 1.29 is 19.1 Å². The van der Waals surface area contributed by atoms with Gasteiger partial charge < -0.3 is 14.8 Å². The van der Waals surface area contributed by atoms with E-state index in [1.807, 2.05) is 38.1 Å². The second-order valence-corrected chi connectivity index (χ2v) is 8.06. The lowest BCUT2D eigenvalue weighted by Crippen LogP contribution is -2.19. The van der Waals surface area contributed by atoms with E-state index in [4.69, 9.17) is 9.47 Å². The number of nitrogens with zero attached hydrogens (tertiary/aromatic N) is 1. The number of amidine groups is 1. The van der Waals surface area contributed by atoms with Crippen molar-refractivity contribution in [1.82, 2.24) is 5.32 Å². The van der Waals surface area contributed by atoms with E-state index in [1.165, 1.54) is 18.7 Å². The van der Waals surface area contributed by atoms with Crippen molar-refractivity contribution >= 4 is 56.5 Å². The molecule has 1 heterocycles. The predicted octanol–water partition coefficient (Wildman–Crippen LogP) is 4.97. The van der Waals surface area contributed by atoms with Crippen LogP contribution >= 0.6 is 27.7 Å². The van der Waals surface area contributed by atoms with Crippen molar-refractivity contribution in [2.24, 2.45) is 4.99 Å². The lowest BCUT2D eigenvalue weighted by molar-refractivity contribution is -0.132. The summed E-state index contributed by atoms with van der Waals surface area (Å²) in [6, 6.07) is 11.2. The van der Waals surface area contributed by atoms with Crippen LogP contribution < -0.4 is 14.8 Å². The van der Waals surface area contributed by atoms with Gasteiger partial charge in [-0.15, -0.1) is 0 Å². The average molecular weight is 475 g/mol. The summed E-state index contributed by atoms with van der Waals surface area (Å²) in [6.45, 7) is 5.58. The van der Waals surface area contributed by atoms with E-state index in [2.05, 4.69) is 26.2 Å². The van der Waals surface area contributed by atoms with Crippen LogP contribution in [0.2, 0.25) is 0 Å². The van der Waals surface area contributed by atoms with Gasteiger partial charge in [0.05, 0.1) is 21.7 Å². The number of esters is 1. The van der Waals surface area contributed by atoms with Crippen LogP contribution in [-0.2, 0) is 9.59 Å². The van der Waals surface area contributed by atoms with E-state index >= 15 is 0 Å². The Kier molecular flexibility index (Phi) is 6.76. The number of hydrogen-bond donors (Lipinski definition) is 1. The van der Waals surface area contributed by atoms with Crippen LogP contribution in [0, 0.1) is 6.92 Å². The monoisotopic (exact) mass is 474 g/mol. The molecule has 1 N–H and O–H groups in total. The molecule has 0 aliphatic carbocycles. The maximum atomic E-state index is 12.3. The number of thioether (sulfide) groups is 1. The highest BCUT2D eigenvalue weighted by Gasteiger charge is 2.24. The topological polar surface area (TPSA) is 77.0 Å². The second-order valence-electron chi connectivity index (χ2n) is 6.17. The molecule has 0 aromatic heterocycles. The van der Waals surface area contributed by atoms with Crippen LogP contribution in [0.25, 0.3) is 6.08 Å². The van der Waals surface area contributed by atoms with E-state index in [0.717, 1.165) is 16.8 Å². The van der Waals surface area contributed by atoms with E-state index in [1.54, 1.807) is 18.2 Å². The summed E-state index contributed by atoms with van der Waals surface area (Å²) < 4.78 is 11.4. The van der Waals surface area contributed by atoms with Crippen LogP contribution in [0.5, 0.6) is 11.5 Å². The van der Waals surface area contributed by atoms with E-state index < -0.39 is 5.97 Å². The fourth-order valence-corrected chi connectivity index (χ4v) is 3.93. The van der Waals surface area contributed by atoms with Crippen LogP contribution in [-0.4, -0.2) is 23.7 Å². The van der Waals surface area contributed by atoms with Crippen molar-refractivity contribution in [2.75, 3.05) is 6.61 Å². The van der Waals surface area contributed by atoms with Crippen LogP contribution in [0.1, 0.15) is 25.0 Å². The standard InChI is InChI=1S/C21H19BrN2O4S/c1-4-27-17-10-14(9-16(22)19(17)28-13(3)25)11-18-20(26)24-21(29-18)23-15-7-5-12(2)6-8-15/h5-11H,4H2,1-3H3,(H,23,24,26)/b18-11-. The molecule has 1 aliphatic heterocycles. The molecule has 6 nitrogen and oxygen atoms in total. The first kappa shape index (κ1) is 21.1. The number of rotatable bonds is 5. The minimum atomic E-state index is -0.444. The average Bonchev–Trinajstić information content (AvgIpc) is 2.99. The Morgan fingerprint density at radius 3 is 2.66 bits per heavy atom. The van der Waals surface area contributed by atoms with Crippen molar-refractivity contribution in [2.45, 2.75) is 20.8 Å². The number of nitrogens with one attached hydrogen (secondary N) is 1. The van der Waals surface area contributed by atoms with Crippen molar-refractivity contribution in [1.29, 1.82) is 0 Å². The normalized spacial score (nSPS) is 16.2. The molecule has 1 amide bonds. The van der Waals surface area contributed by atoms with E-state index in [0.29, 0.717) is 32.7 Å². The first-order chi connectivity index (χ1) is 13.9. The van der Waals surface area contributed by atoms with E-state index in [9.17, 15) is 9.59 Å². The van der Waals surface area contributed by atoms with Crippen molar-refractivity contribution in [3.63, 3.8) is 0 Å². The number of halogens is 1. The molecule has 3 rings (SSSR count). The molecule has 150 valence electrons. The molecule has 1 aliphatic rings. The largest absolute Gasteiger partial charge is 0.490 e. The predicted molar refractivity (Wildman–Crippen MR) is 119 cm³/mol. The van der Waals surface area contributed by atoms with Gasteiger partial charge in [0.25, 0.3) is 5.91 Å².